The standard InChI is InChI=1S/C12H12O4/c1-2-5-16-12(15)10-8-4-3-7(6-8)9(10)11(13)14/h1,3-4,7-10H,5-6H2,(H,13,14)/t7-,8-,9+,10+/m1/s1. The SMILES string of the molecule is C#CCOC(=O)[C@@H]1[C@@H](C(=O)O)[C@@H]2C=C[C@@H]1C2. The van der Waals surface area contributed by atoms with Crippen molar-refractivity contribution in [3.8, 4) is 12.3 Å². The lowest BCUT2D eigenvalue weighted by Crippen LogP contribution is -2.34. The molecule has 2 aliphatic carbocycles. The third-order valence-electron chi connectivity index (χ3n) is 3.31. The highest BCUT2D eigenvalue weighted by molar-refractivity contribution is 5.83. The molecule has 2 bridgehead atoms. The zero-order chi connectivity index (χ0) is 11.7. The number of esters is 1. The minimum Gasteiger partial charge on any atom is -0.481 e. The van der Waals surface area contributed by atoms with Gasteiger partial charge in [0.25, 0.3) is 0 Å². The molecule has 16 heavy (non-hydrogen) atoms. The van der Waals surface area contributed by atoms with E-state index in [2.05, 4.69) is 5.92 Å². The van der Waals surface area contributed by atoms with Gasteiger partial charge >= 0.3 is 11.9 Å². The highest BCUT2D eigenvalue weighted by atomic mass is 16.5. The van der Waals surface area contributed by atoms with Crippen LogP contribution in [0.1, 0.15) is 6.42 Å². The van der Waals surface area contributed by atoms with Crippen molar-refractivity contribution in [3.63, 3.8) is 0 Å². The summed E-state index contributed by atoms with van der Waals surface area (Å²) in [5, 5.41) is 9.10. The monoisotopic (exact) mass is 220 g/mol. The molecule has 4 nitrogen and oxygen atoms in total. The molecule has 0 spiro atoms. The van der Waals surface area contributed by atoms with Crippen LogP contribution in [0.3, 0.4) is 0 Å². The van der Waals surface area contributed by atoms with Gasteiger partial charge in [0.2, 0.25) is 0 Å². The average molecular weight is 220 g/mol. The van der Waals surface area contributed by atoms with Crippen molar-refractivity contribution in [1.82, 2.24) is 0 Å². The zero-order valence-electron chi connectivity index (χ0n) is 8.63. The maximum Gasteiger partial charge on any atom is 0.311 e. The second kappa shape index (κ2) is 4.01. The van der Waals surface area contributed by atoms with E-state index in [9.17, 15) is 9.59 Å². The van der Waals surface area contributed by atoms with Gasteiger partial charge in [-0.05, 0) is 18.3 Å². The lowest BCUT2D eigenvalue weighted by molar-refractivity contribution is -0.157. The predicted octanol–water partition coefficient (Wildman–Crippen LogP) is 0.686. The Balaban J connectivity index is 2.14. The van der Waals surface area contributed by atoms with Crippen molar-refractivity contribution in [2.24, 2.45) is 23.7 Å². The number of terminal acetylenes is 1. The second-order valence-corrected chi connectivity index (χ2v) is 4.15. The van der Waals surface area contributed by atoms with Gasteiger partial charge in [-0.15, -0.1) is 6.42 Å². The number of aliphatic carboxylic acids is 1. The van der Waals surface area contributed by atoms with Gasteiger partial charge in [-0.2, -0.15) is 0 Å². The first kappa shape index (κ1) is 10.7. The van der Waals surface area contributed by atoms with Crippen LogP contribution in [0.2, 0.25) is 0 Å². The second-order valence-electron chi connectivity index (χ2n) is 4.15. The number of carbonyl (C=O) groups excluding carboxylic acids is 1. The van der Waals surface area contributed by atoms with Crippen LogP contribution >= 0.6 is 0 Å². The summed E-state index contributed by atoms with van der Waals surface area (Å²) in [7, 11) is 0. The Morgan fingerprint density at radius 3 is 2.56 bits per heavy atom. The maximum atomic E-state index is 11.7. The molecule has 0 heterocycles. The Morgan fingerprint density at radius 1 is 1.38 bits per heavy atom. The number of carboxylic acids is 1. The Bertz CT molecular complexity index is 390. The molecule has 0 aromatic heterocycles. The van der Waals surface area contributed by atoms with E-state index in [1.54, 1.807) is 0 Å². The summed E-state index contributed by atoms with van der Waals surface area (Å²) in [4.78, 5) is 22.8. The van der Waals surface area contributed by atoms with Crippen molar-refractivity contribution in [2.45, 2.75) is 6.42 Å². The fourth-order valence-corrected chi connectivity index (χ4v) is 2.69. The lowest BCUT2D eigenvalue weighted by Gasteiger charge is -2.22. The summed E-state index contributed by atoms with van der Waals surface area (Å²) in [6, 6.07) is 0. The molecule has 0 aromatic carbocycles. The number of allylic oxidation sites excluding steroid dienone is 2. The Morgan fingerprint density at radius 2 is 2.00 bits per heavy atom. The minimum absolute atomic E-state index is 0.00336. The van der Waals surface area contributed by atoms with Gasteiger partial charge in [-0.3, -0.25) is 9.59 Å². The first-order valence-corrected chi connectivity index (χ1v) is 5.16. The summed E-state index contributed by atoms with van der Waals surface area (Å²) in [6.45, 7) is -0.0945. The summed E-state index contributed by atoms with van der Waals surface area (Å²) in [5.41, 5.74) is 0. The lowest BCUT2D eigenvalue weighted by atomic mass is 9.83. The summed E-state index contributed by atoms with van der Waals surface area (Å²) < 4.78 is 4.84. The van der Waals surface area contributed by atoms with Crippen LogP contribution in [0, 0.1) is 36.0 Å². The molecule has 0 aromatic rings. The van der Waals surface area contributed by atoms with Gasteiger partial charge in [-0.1, -0.05) is 18.1 Å². The molecule has 0 unspecified atom stereocenters. The molecule has 2 aliphatic rings. The highest BCUT2D eigenvalue weighted by Crippen LogP contribution is 2.48. The van der Waals surface area contributed by atoms with E-state index >= 15 is 0 Å². The summed E-state index contributed by atoms with van der Waals surface area (Å²) in [6.07, 6.45) is 9.51. The first-order valence-electron chi connectivity index (χ1n) is 5.16. The van der Waals surface area contributed by atoms with Crippen molar-refractivity contribution in [2.75, 3.05) is 6.61 Å². The van der Waals surface area contributed by atoms with Crippen LogP contribution in [0.5, 0.6) is 0 Å². The van der Waals surface area contributed by atoms with Crippen molar-refractivity contribution in [1.29, 1.82) is 0 Å². The van der Waals surface area contributed by atoms with Crippen molar-refractivity contribution in [3.05, 3.63) is 12.2 Å². The zero-order valence-corrected chi connectivity index (χ0v) is 8.63. The van der Waals surface area contributed by atoms with Crippen LogP contribution in [0.15, 0.2) is 12.2 Å². The Hall–Kier alpha value is -1.76. The number of fused-ring (bicyclic) bond motifs is 2. The molecular formula is C12H12O4. The average Bonchev–Trinajstić information content (AvgIpc) is 2.84. The molecular weight excluding hydrogens is 208 g/mol. The molecule has 0 saturated heterocycles. The summed E-state index contributed by atoms with van der Waals surface area (Å²) in [5.74, 6) is -0.474. The molecule has 1 fully saturated rings. The van der Waals surface area contributed by atoms with E-state index in [0.717, 1.165) is 6.42 Å². The largest absolute Gasteiger partial charge is 0.481 e. The number of ether oxygens (including phenoxy) is 1. The van der Waals surface area contributed by atoms with E-state index in [4.69, 9.17) is 16.3 Å². The third-order valence-corrected chi connectivity index (χ3v) is 3.31. The van der Waals surface area contributed by atoms with Crippen molar-refractivity contribution >= 4 is 11.9 Å². The molecule has 2 rings (SSSR count). The Kier molecular flexibility index (Phi) is 2.69. The fourth-order valence-electron chi connectivity index (χ4n) is 2.69. The molecule has 4 atom stereocenters. The minimum atomic E-state index is -0.931. The van der Waals surface area contributed by atoms with E-state index in [1.807, 2.05) is 12.2 Å². The molecule has 4 heteroatoms. The Labute approximate surface area is 93.3 Å². The van der Waals surface area contributed by atoms with Crippen LogP contribution in [0.4, 0.5) is 0 Å². The van der Waals surface area contributed by atoms with Crippen LogP contribution in [-0.4, -0.2) is 23.7 Å². The number of hydrogen-bond donors (Lipinski definition) is 1. The quantitative estimate of drug-likeness (QED) is 0.431. The van der Waals surface area contributed by atoms with Gasteiger partial charge in [0.15, 0.2) is 6.61 Å². The number of carbonyl (C=O) groups is 2. The van der Waals surface area contributed by atoms with Gasteiger partial charge in [0.1, 0.15) is 0 Å². The molecule has 0 aliphatic heterocycles. The van der Waals surface area contributed by atoms with Crippen LogP contribution in [-0.2, 0) is 14.3 Å². The summed E-state index contributed by atoms with van der Waals surface area (Å²) >= 11 is 0. The van der Waals surface area contributed by atoms with Crippen LogP contribution in [0.25, 0.3) is 0 Å². The van der Waals surface area contributed by atoms with E-state index < -0.39 is 23.8 Å². The van der Waals surface area contributed by atoms with Gasteiger partial charge in [0.05, 0.1) is 11.8 Å². The molecule has 1 N–H and O–H groups in total. The number of carboxylic acid groups (broad SMARTS) is 1. The van der Waals surface area contributed by atoms with Gasteiger partial charge < -0.3 is 9.84 Å². The van der Waals surface area contributed by atoms with Crippen molar-refractivity contribution < 1.29 is 19.4 Å². The fraction of sp³-hybridized carbons (Fsp3) is 0.500. The van der Waals surface area contributed by atoms with E-state index in [0.29, 0.717) is 0 Å². The number of rotatable bonds is 3. The van der Waals surface area contributed by atoms with E-state index in [-0.39, 0.29) is 18.4 Å². The molecule has 1 saturated carbocycles. The first-order chi connectivity index (χ1) is 7.65. The van der Waals surface area contributed by atoms with Gasteiger partial charge in [-0.25, -0.2) is 0 Å². The highest BCUT2D eigenvalue weighted by Gasteiger charge is 2.52. The maximum absolute atomic E-state index is 11.7. The normalized spacial score (nSPS) is 34.7. The molecule has 0 radical (unpaired) electrons. The molecule has 0 amide bonds. The molecule has 84 valence electrons. The van der Waals surface area contributed by atoms with Gasteiger partial charge in [0, 0.05) is 0 Å². The predicted molar refractivity (Wildman–Crippen MR) is 55.1 cm³/mol. The smallest absolute Gasteiger partial charge is 0.311 e. The number of hydrogen-bond acceptors (Lipinski definition) is 3. The van der Waals surface area contributed by atoms with E-state index in [1.165, 1.54) is 0 Å². The van der Waals surface area contributed by atoms with Crippen LogP contribution < -0.4 is 0 Å². The third kappa shape index (κ3) is 1.58. The topological polar surface area (TPSA) is 63.6 Å².